The molecule has 0 radical (unpaired) electrons. The van der Waals surface area contributed by atoms with Crippen molar-refractivity contribution in [3.63, 3.8) is 0 Å². The van der Waals surface area contributed by atoms with Crippen LogP contribution in [0, 0.1) is 17.7 Å². The Balaban J connectivity index is 2.42. The van der Waals surface area contributed by atoms with Gasteiger partial charge in [-0.25, -0.2) is 9.37 Å². The van der Waals surface area contributed by atoms with E-state index in [2.05, 4.69) is 16.8 Å². The van der Waals surface area contributed by atoms with Crippen molar-refractivity contribution in [3.05, 3.63) is 53.9 Å². The minimum absolute atomic E-state index is 0.143. The zero-order valence-electron chi connectivity index (χ0n) is 10.5. The molecule has 0 aliphatic heterocycles. The number of hydrogen-bond donors (Lipinski definition) is 0. The highest BCUT2D eigenvalue weighted by Crippen LogP contribution is 2.23. The van der Waals surface area contributed by atoms with E-state index in [9.17, 15) is 9.18 Å². The summed E-state index contributed by atoms with van der Waals surface area (Å²) in [6.07, 6.45) is 4.55. The summed E-state index contributed by atoms with van der Waals surface area (Å²) in [5.74, 6) is 5.88. The summed E-state index contributed by atoms with van der Waals surface area (Å²) in [6.45, 7) is 1.76. The predicted octanol–water partition coefficient (Wildman–Crippen LogP) is 2.84. The molecule has 1 aromatic heterocycles. The second-order valence-corrected chi connectivity index (χ2v) is 4.01. The van der Waals surface area contributed by atoms with Crippen molar-refractivity contribution in [2.75, 3.05) is 0 Å². The summed E-state index contributed by atoms with van der Waals surface area (Å²) < 4.78 is 14.7. The highest BCUT2D eigenvalue weighted by atomic mass is 19.1. The first kappa shape index (κ1) is 13.0. The second-order valence-electron chi connectivity index (χ2n) is 4.01. The van der Waals surface area contributed by atoms with E-state index < -0.39 is 0 Å². The van der Waals surface area contributed by atoms with Crippen LogP contribution in [0.1, 0.15) is 35.6 Å². The van der Waals surface area contributed by atoms with Gasteiger partial charge in [0, 0.05) is 18.8 Å². The molecule has 1 atom stereocenters. The van der Waals surface area contributed by atoms with Gasteiger partial charge < -0.3 is 4.57 Å². The molecule has 19 heavy (non-hydrogen) atoms. The summed E-state index contributed by atoms with van der Waals surface area (Å²) in [5.41, 5.74) is 0.894. The Morgan fingerprint density at radius 2 is 2.16 bits per heavy atom. The van der Waals surface area contributed by atoms with Crippen molar-refractivity contribution >= 4 is 6.29 Å². The van der Waals surface area contributed by atoms with Gasteiger partial charge in [-0.1, -0.05) is 12.1 Å². The molecular weight excluding hydrogens is 243 g/mol. The summed E-state index contributed by atoms with van der Waals surface area (Å²) >= 11 is 0. The fourth-order valence-electron chi connectivity index (χ4n) is 1.94. The highest BCUT2D eigenvalue weighted by molar-refractivity contribution is 5.69. The van der Waals surface area contributed by atoms with Crippen LogP contribution in [0.4, 0.5) is 4.39 Å². The van der Waals surface area contributed by atoms with Crippen molar-refractivity contribution in [2.45, 2.75) is 19.4 Å². The lowest BCUT2D eigenvalue weighted by Crippen LogP contribution is -2.12. The van der Waals surface area contributed by atoms with Crippen molar-refractivity contribution in [1.82, 2.24) is 9.55 Å². The number of carbonyl (C=O) groups is 1. The Bertz CT molecular complexity index is 620. The summed E-state index contributed by atoms with van der Waals surface area (Å²) in [6, 6.07) is 6.06. The molecule has 1 unspecified atom stereocenters. The van der Waals surface area contributed by atoms with Gasteiger partial charge in [0.25, 0.3) is 0 Å². The standard InChI is InChI=1S/C15H13FN2O/c1-2-3-4-14(12-5-7-13(16)8-6-12)18-10-9-17-15(18)11-19/h5-11,14H,4H2,1H3. The van der Waals surface area contributed by atoms with Crippen LogP contribution in [0.2, 0.25) is 0 Å². The van der Waals surface area contributed by atoms with Crippen LogP contribution in [0.3, 0.4) is 0 Å². The Morgan fingerprint density at radius 1 is 1.42 bits per heavy atom. The SMILES string of the molecule is CC#CCC(c1ccc(F)cc1)n1ccnc1C=O. The highest BCUT2D eigenvalue weighted by Gasteiger charge is 2.15. The van der Waals surface area contributed by atoms with Gasteiger partial charge in [-0.2, -0.15) is 0 Å². The smallest absolute Gasteiger partial charge is 0.185 e. The molecule has 0 bridgehead atoms. The normalized spacial score (nSPS) is 11.5. The number of benzene rings is 1. The van der Waals surface area contributed by atoms with Gasteiger partial charge in [-0.05, 0) is 24.6 Å². The molecule has 2 aromatic rings. The Kier molecular flexibility index (Phi) is 4.09. The Morgan fingerprint density at radius 3 is 2.79 bits per heavy atom. The Hall–Kier alpha value is -2.41. The average molecular weight is 256 g/mol. The van der Waals surface area contributed by atoms with Crippen molar-refractivity contribution in [3.8, 4) is 11.8 Å². The van der Waals surface area contributed by atoms with Crippen LogP contribution in [0.5, 0.6) is 0 Å². The third-order valence-corrected chi connectivity index (χ3v) is 2.87. The maximum atomic E-state index is 13.0. The minimum Gasteiger partial charge on any atom is -0.320 e. The molecule has 0 amide bonds. The zero-order valence-corrected chi connectivity index (χ0v) is 10.5. The summed E-state index contributed by atoms with van der Waals surface area (Å²) in [4.78, 5) is 15.0. The van der Waals surface area contributed by atoms with Crippen LogP contribution in [-0.4, -0.2) is 15.8 Å². The van der Waals surface area contributed by atoms with E-state index in [0.717, 1.165) is 5.56 Å². The second kappa shape index (κ2) is 5.96. The maximum absolute atomic E-state index is 13.0. The predicted molar refractivity (Wildman–Crippen MR) is 70.2 cm³/mol. The van der Waals surface area contributed by atoms with E-state index in [1.165, 1.54) is 12.1 Å². The fraction of sp³-hybridized carbons (Fsp3) is 0.200. The molecular formula is C15H13FN2O. The molecule has 2 rings (SSSR count). The number of halogens is 1. The minimum atomic E-state index is -0.287. The van der Waals surface area contributed by atoms with Crippen molar-refractivity contribution in [2.24, 2.45) is 0 Å². The number of aldehydes is 1. The third kappa shape index (κ3) is 2.89. The molecule has 0 aliphatic rings. The monoisotopic (exact) mass is 256 g/mol. The maximum Gasteiger partial charge on any atom is 0.185 e. The molecule has 0 N–H and O–H groups in total. The van der Waals surface area contributed by atoms with E-state index in [0.29, 0.717) is 18.5 Å². The molecule has 1 aromatic carbocycles. The third-order valence-electron chi connectivity index (χ3n) is 2.87. The molecule has 0 saturated heterocycles. The number of hydrogen-bond acceptors (Lipinski definition) is 2. The fourth-order valence-corrected chi connectivity index (χ4v) is 1.94. The van der Waals surface area contributed by atoms with Crippen LogP contribution in [-0.2, 0) is 0 Å². The number of imidazole rings is 1. The van der Waals surface area contributed by atoms with Gasteiger partial charge in [0.15, 0.2) is 12.1 Å². The number of rotatable bonds is 4. The summed E-state index contributed by atoms with van der Waals surface area (Å²) in [5, 5.41) is 0. The summed E-state index contributed by atoms with van der Waals surface area (Å²) in [7, 11) is 0. The van der Waals surface area contributed by atoms with Gasteiger partial charge in [0.1, 0.15) is 5.82 Å². The molecule has 1 heterocycles. The zero-order chi connectivity index (χ0) is 13.7. The van der Waals surface area contributed by atoms with Crippen LogP contribution < -0.4 is 0 Å². The molecule has 0 fully saturated rings. The van der Waals surface area contributed by atoms with Crippen LogP contribution >= 0.6 is 0 Å². The molecule has 0 aliphatic carbocycles. The van der Waals surface area contributed by atoms with Crippen LogP contribution in [0.25, 0.3) is 0 Å². The molecule has 0 spiro atoms. The Labute approximate surface area is 111 Å². The quantitative estimate of drug-likeness (QED) is 0.622. The van der Waals surface area contributed by atoms with E-state index in [-0.39, 0.29) is 11.9 Å². The van der Waals surface area contributed by atoms with Gasteiger partial charge in [0.2, 0.25) is 0 Å². The molecule has 96 valence electrons. The molecule has 0 saturated carbocycles. The van der Waals surface area contributed by atoms with Crippen molar-refractivity contribution < 1.29 is 9.18 Å². The number of nitrogens with zero attached hydrogens (tertiary/aromatic N) is 2. The van der Waals surface area contributed by atoms with Crippen molar-refractivity contribution in [1.29, 1.82) is 0 Å². The first-order valence-corrected chi connectivity index (χ1v) is 5.89. The van der Waals surface area contributed by atoms with E-state index in [1.54, 1.807) is 36.0 Å². The van der Waals surface area contributed by atoms with Gasteiger partial charge >= 0.3 is 0 Å². The lowest BCUT2D eigenvalue weighted by Gasteiger charge is -2.17. The average Bonchev–Trinajstić information content (AvgIpc) is 2.89. The topological polar surface area (TPSA) is 34.9 Å². The van der Waals surface area contributed by atoms with Crippen LogP contribution in [0.15, 0.2) is 36.7 Å². The van der Waals surface area contributed by atoms with Gasteiger partial charge in [0.05, 0.1) is 6.04 Å². The first-order chi connectivity index (χ1) is 9.26. The van der Waals surface area contributed by atoms with Gasteiger partial charge in [-0.15, -0.1) is 11.8 Å². The largest absolute Gasteiger partial charge is 0.320 e. The van der Waals surface area contributed by atoms with E-state index in [4.69, 9.17) is 0 Å². The van der Waals surface area contributed by atoms with E-state index in [1.807, 2.05) is 0 Å². The number of aromatic nitrogens is 2. The van der Waals surface area contributed by atoms with E-state index >= 15 is 0 Å². The first-order valence-electron chi connectivity index (χ1n) is 5.89. The van der Waals surface area contributed by atoms with Gasteiger partial charge in [-0.3, -0.25) is 4.79 Å². The molecule has 4 heteroatoms. The lowest BCUT2D eigenvalue weighted by molar-refractivity contribution is 0.111. The lowest BCUT2D eigenvalue weighted by atomic mass is 10.0. The number of carbonyl (C=O) groups excluding carboxylic acids is 1. The molecule has 3 nitrogen and oxygen atoms in total.